The fourth-order valence-electron chi connectivity index (χ4n) is 1.44. The van der Waals surface area contributed by atoms with Crippen LogP contribution in [0, 0.1) is 0 Å². The van der Waals surface area contributed by atoms with E-state index in [0.717, 1.165) is 6.08 Å². The van der Waals surface area contributed by atoms with Crippen molar-refractivity contribution in [2.24, 2.45) is 0 Å². The second kappa shape index (κ2) is 9.53. The molecule has 104 valence electrons. The van der Waals surface area contributed by atoms with E-state index < -0.39 is 5.97 Å². The van der Waals surface area contributed by atoms with Gasteiger partial charge in [-0.25, -0.2) is 4.79 Å². The summed E-state index contributed by atoms with van der Waals surface area (Å²) >= 11 is 0. The lowest BCUT2D eigenvalue weighted by atomic mass is 10.2. The van der Waals surface area contributed by atoms with Crippen molar-refractivity contribution in [1.82, 2.24) is 0 Å². The van der Waals surface area contributed by atoms with Crippen molar-refractivity contribution in [2.75, 3.05) is 0 Å². The van der Waals surface area contributed by atoms with Crippen LogP contribution in [0.15, 0.2) is 73.3 Å². The lowest BCUT2D eigenvalue weighted by Crippen LogP contribution is -1.93. The second-order valence-corrected chi connectivity index (χ2v) is 4.01. The maximum atomic E-state index is 9.25. The number of ether oxygens (including phenoxy) is 1. The van der Waals surface area contributed by atoms with Crippen LogP contribution in [-0.2, 0) is 22.7 Å². The number of hydrogen-bond acceptors (Lipinski definition) is 2. The molecule has 2 aromatic carbocycles. The van der Waals surface area contributed by atoms with Gasteiger partial charge in [-0.1, -0.05) is 67.2 Å². The van der Waals surface area contributed by atoms with Crippen molar-refractivity contribution in [3.05, 3.63) is 84.4 Å². The van der Waals surface area contributed by atoms with Gasteiger partial charge >= 0.3 is 5.97 Å². The smallest absolute Gasteiger partial charge is 0.327 e. The van der Waals surface area contributed by atoms with Crippen LogP contribution in [0.25, 0.3) is 0 Å². The van der Waals surface area contributed by atoms with Crippen LogP contribution in [-0.4, -0.2) is 11.1 Å². The Morgan fingerprint density at radius 3 is 1.60 bits per heavy atom. The Morgan fingerprint density at radius 2 is 1.30 bits per heavy atom. The molecular weight excluding hydrogens is 252 g/mol. The van der Waals surface area contributed by atoms with E-state index in [-0.39, 0.29) is 0 Å². The maximum absolute atomic E-state index is 9.25. The third-order valence-electron chi connectivity index (χ3n) is 2.40. The number of carboxylic acid groups (broad SMARTS) is 1. The van der Waals surface area contributed by atoms with Gasteiger partial charge in [-0.2, -0.15) is 0 Å². The van der Waals surface area contributed by atoms with Crippen LogP contribution < -0.4 is 0 Å². The molecule has 0 heterocycles. The van der Waals surface area contributed by atoms with E-state index in [4.69, 9.17) is 9.84 Å². The first-order chi connectivity index (χ1) is 9.72. The molecule has 0 saturated carbocycles. The van der Waals surface area contributed by atoms with E-state index in [2.05, 4.69) is 30.8 Å². The number of rotatable bonds is 5. The highest BCUT2D eigenvalue weighted by Crippen LogP contribution is 2.05. The minimum absolute atomic E-state index is 0.676. The molecule has 0 unspecified atom stereocenters. The zero-order chi connectivity index (χ0) is 14.6. The van der Waals surface area contributed by atoms with Gasteiger partial charge < -0.3 is 9.84 Å². The summed E-state index contributed by atoms with van der Waals surface area (Å²) in [5.41, 5.74) is 2.43. The monoisotopic (exact) mass is 270 g/mol. The third kappa shape index (κ3) is 7.13. The highest BCUT2D eigenvalue weighted by molar-refractivity contribution is 5.78. The Labute approximate surface area is 119 Å². The Morgan fingerprint density at radius 1 is 0.950 bits per heavy atom. The minimum atomic E-state index is -0.981. The van der Waals surface area contributed by atoms with Crippen molar-refractivity contribution >= 4 is 5.97 Å². The molecule has 2 aromatic rings. The van der Waals surface area contributed by atoms with E-state index in [1.54, 1.807) is 0 Å². The molecule has 3 nitrogen and oxygen atoms in total. The quantitative estimate of drug-likeness (QED) is 0.843. The fourth-order valence-corrected chi connectivity index (χ4v) is 1.44. The molecule has 3 heteroatoms. The number of hydrogen-bond donors (Lipinski definition) is 1. The van der Waals surface area contributed by atoms with Crippen LogP contribution in [0.1, 0.15) is 11.1 Å². The first kappa shape index (κ1) is 15.7. The maximum Gasteiger partial charge on any atom is 0.327 e. The summed E-state index contributed by atoms with van der Waals surface area (Å²) in [4.78, 5) is 9.25. The highest BCUT2D eigenvalue weighted by Gasteiger charge is 1.93. The van der Waals surface area contributed by atoms with Crippen LogP contribution >= 0.6 is 0 Å². The predicted octanol–water partition coefficient (Wildman–Crippen LogP) is 3.66. The topological polar surface area (TPSA) is 46.5 Å². The van der Waals surface area contributed by atoms with E-state index in [1.165, 1.54) is 11.1 Å². The molecular formula is C17H18O3. The predicted molar refractivity (Wildman–Crippen MR) is 79.2 cm³/mol. The molecule has 0 spiro atoms. The Bertz CT molecular complexity index is 467. The summed E-state index contributed by atoms with van der Waals surface area (Å²) < 4.78 is 5.61. The van der Waals surface area contributed by atoms with Crippen molar-refractivity contribution in [1.29, 1.82) is 0 Å². The average Bonchev–Trinajstić information content (AvgIpc) is 2.50. The minimum Gasteiger partial charge on any atom is -0.478 e. The summed E-state index contributed by atoms with van der Waals surface area (Å²) in [5.74, 6) is -0.981. The van der Waals surface area contributed by atoms with Gasteiger partial charge in [0, 0.05) is 6.08 Å². The number of carbonyl (C=O) groups is 1. The lowest BCUT2D eigenvalue weighted by molar-refractivity contribution is -0.131. The first-order valence-electron chi connectivity index (χ1n) is 6.23. The van der Waals surface area contributed by atoms with Gasteiger partial charge in [0.15, 0.2) is 0 Å². The first-order valence-corrected chi connectivity index (χ1v) is 6.23. The molecule has 1 N–H and O–H groups in total. The van der Waals surface area contributed by atoms with Crippen LogP contribution in [0.5, 0.6) is 0 Å². The van der Waals surface area contributed by atoms with E-state index in [9.17, 15) is 4.79 Å². The standard InChI is InChI=1S/C14H14O.C3H4O2/c1-3-7-13(8-4-1)11-15-12-14-9-5-2-6-10-14;1-2-3(4)5/h1-10H,11-12H2;2H,1H2,(H,4,5). The van der Waals surface area contributed by atoms with Gasteiger partial charge in [0.05, 0.1) is 13.2 Å². The van der Waals surface area contributed by atoms with E-state index in [1.807, 2.05) is 36.4 Å². The molecule has 20 heavy (non-hydrogen) atoms. The Hall–Kier alpha value is -2.39. The fraction of sp³-hybridized carbons (Fsp3) is 0.118. The van der Waals surface area contributed by atoms with E-state index in [0.29, 0.717) is 13.2 Å². The molecule has 0 bridgehead atoms. The van der Waals surface area contributed by atoms with Gasteiger partial charge in [0.25, 0.3) is 0 Å². The SMILES string of the molecule is C=CC(=O)O.c1ccc(COCc2ccccc2)cc1. The molecule has 0 radical (unpaired) electrons. The molecule has 0 aliphatic carbocycles. The highest BCUT2D eigenvalue weighted by atomic mass is 16.5. The van der Waals surface area contributed by atoms with Gasteiger partial charge in [-0.15, -0.1) is 0 Å². The van der Waals surface area contributed by atoms with E-state index >= 15 is 0 Å². The number of carboxylic acids is 1. The Kier molecular flexibility index (Phi) is 7.46. The molecule has 0 amide bonds. The van der Waals surface area contributed by atoms with Gasteiger partial charge in [0.2, 0.25) is 0 Å². The largest absolute Gasteiger partial charge is 0.478 e. The lowest BCUT2D eigenvalue weighted by Gasteiger charge is -2.03. The molecule has 0 saturated heterocycles. The van der Waals surface area contributed by atoms with Crippen molar-refractivity contribution in [2.45, 2.75) is 13.2 Å². The summed E-state index contributed by atoms with van der Waals surface area (Å²) in [6.07, 6.45) is 0.833. The van der Waals surface area contributed by atoms with Gasteiger partial charge in [-0.05, 0) is 11.1 Å². The normalized spacial score (nSPS) is 9.20. The number of aliphatic carboxylic acids is 1. The summed E-state index contributed by atoms with van der Waals surface area (Å²) in [7, 11) is 0. The van der Waals surface area contributed by atoms with Crippen LogP contribution in [0.3, 0.4) is 0 Å². The number of benzene rings is 2. The summed E-state index contributed by atoms with van der Waals surface area (Å²) in [6, 6.07) is 20.4. The van der Waals surface area contributed by atoms with Crippen molar-refractivity contribution < 1.29 is 14.6 Å². The summed E-state index contributed by atoms with van der Waals surface area (Å²) in [6.45, 7) is 4.31. The molecule has 0 aliphatic rings. The molecule has 0 fully saturated rings. The Balaban J connectivity index is 0.000000347. The summed E-state index contributed by atoms with van der Waals surface area (Å²) in [5, 5.41) is 7.60. The van der Waals surface area contributed by atoms with Gasteiger partial charge in [0.1, 0.15) is 0 Å². The molecule has 0 atom stereocenters. The van der Waals surface area contributed by atoms with Crippen LogP contribution in [0.2, 0.25) is 0 Å². The average molecular weight is 270 g/mol. The van der Waals surface area contributed by atoms with Crippen molar-refractivity contribution in [3.63, 3.8) is 0 Å². The van der Waals surface area contributed by atoms with Crippen molar-refractivity contribution in [3.8, 4) is 0 Å². The molecule has 0 aliphatic heterocycles. The molecule has 2 rings (SSSR count). The van der Waals surface area contributed by atoms with Gasteiger partial charge in [-0.3, -0.25) is 0 Å². The second-order valence-electron chi connectivity index (χ2n) is 4.01. The zero-order valence-electron chi connectivity index (χ0n) is 11.2. The third-order valence-corrected chi connectivity index (χ3v) is 2.40. The molecule has 0 aromatic heterocycles. The van der Waals surface area contributed by atoms with Crippen LogP contribution in [0.4, 0.5) is 0 Å². The zero-order valence-corrected chi connectivity index (χ0v) is 11.2.